The van der Waals surface area contributed by atoms with Crippen LogP contribution in [0.15, 0.2) is 0 Å². The van der Waals surface area contributed by atoms with Crippen molar-refractivity contribution in [3.63, 3.8) is 0 Å². The highest BCUT2D eigenvalue weighted by molar-refractivity contribution is 6.01. The predicted molar refractivity (Wildman–Crippen MR) is 24.5 cm³/mol. The molecule has 7 heavy (non-hydrogen) atoms. The molecular weight excluding hydrogens is 92.1 g/mol. The summed E-state index contributed by atoms with van der Waals surface area (Å²) in [6.07, 6.45) is 4.93. The zero-order chi connectivity index (χ0) is 5.70. The summed E-state index contributed by atoms with van der Waals surface area (Å²) in [7, 11) is 0. The van der Waals surface area contributed by atoms with Crippen molar-refractivity contribution in [2.24, 2.45) is 0 Å². The molecule has 36 valence electrons. The minimum absolute atomic E-state index is 0.156. The molecule has 0 bridgehead atoms. The standard InChI is InChI=1S/C5H4O2/c1-2-5(7)3-4-6/h1,4H,3H2. The van der Waals surface area contributed by atoms with Crippen LogP contribution in [-0.2, 0) is 9.59 Å². The number of aldehydes is 1. The second kappa shape index (κ2) is 3.10. The third-order valence-electron chi connectivity index (χ3n) is 0.430. The Labute approximate surface area is 41.5 Å². The maximum absolute atomic E-state index is 9.94. The van der Waals surface area contributed by atoms with Crippen LogP contribution in [0.25, 0.3) is 0 Å². The summed E-state index contributed by atoms with van der Waals surface area (Å²) in [6, 6.07) is 0. The fraction of sp³-hybridized carbons (Fsp3) is 0.200. The Bertz CT molecular complexity index is 119. The van der Waals surface area contributed by atoms with E-state index in [2.05, 4.69) is 6.42 Å². The fourth-order valence-electron chi connectivity index (χ4n) is 0.135. The third-order valence-corrected chi connectivity index (χ3v) is 0.430. The first-order valence-electron chi connectivity index (χ1n) is 1.74. The molecule has 0 aromatic carbocycles. The average Bonchev–Trinajstić information content (AvgIpc) is 1.68. The lowest BCUT2D eigenvalue weighted by Gasteiger charge is -1.71. The van der Waals surface area contributed by atoms with E-state index in [1.807, 2.05) is 0 Å². The maximum atomic E-state index is 9.94. The second-order valence-electron chi connectivity index (χ2n) is 0.938. The minimum Gasteiger partial charge on any atom is -0.303 e. The molecule has 0 aliphatic heterocycles. The van der Waals surface area contributed by atoms with Gasteiger partial charge in [-0.2, -0.15) is 0 Å². The molecule has 2 heteroatoms. The first-order valence-corrected chi connectivity index (χ1v) is 1.74. The van der Waals surface area contributed by atoms with E-state index in [9.17, 15) is 9.59 Å². The number of carbonyl (C=O) groups excluding carboxylic acids is 2. The van der Waals surface area contributed by atoms with Crippen molar-refractivity contribution >= 4 is 12.1 Å². The Kier molecular flexibility index (Phi) is 2.62. The molecule has 0 unspecified atom stereocenters. The Morgan fingerprint density at radius 3 is 2.57 bits per heavy atom. The summed E-state index contributed by atoms with van der Waals surface area (Å²) in [5.74, 6) is 1.33. The maximum Gasteiger partial charge on any atom is 0.212 e. The summed E-state index contributed by atoms with van der Waals surface area (Å²) < 4.78 is 0. The smallest absolute Gasteiger partial charge is 0.212 e. The molecule has 0 aromatic rings. The van der Waals surface area contributed by atoms with Crippen LogP contribution in [0.4, 0.5) is 0 Å². The SMILES string of the molecule is C#CC(=O)CC=O. The topological polar surface area (TPSA) is 34.1 Å². The molecule has 0 fully saturated rings. The zero-order valence-corrected chi connectivity index (χ0v) is 3.68. The van der Waals surface area contributed by atoms with Crippen molar-refractivity contribution in [1.29, 1.82) is 0 Å². The van der Waals surface area contributed by atoms with Gasteiger partial charge in [0.2, 0.25) is 5.78 Å². The number of rotatable bonds is 2. The Morgan fingerprint density at radius 2 is 2.43 bits per heavy atom. The van der Waals surface area contributed by atoms with Gasteiger partial charge < -0.3 is 4.79 Å². The highest BCUT2D eigenvalue weighted by Gasteiger charge is 1.88. The van der Waals surface area contributed by atoms with Gasteiger partial charge in [-0.25, -0.2) is 0 Å². The van der Waals surface area contributed by atoms with Crippen molar-refractivity contribution in [3.8, 4) is 12.3 Å². The Balaban J connectivity index is 3.43. The van der Waals surface area contributed by atoms with Crippen LogP contribution < -0.4 is 0 Å². The molecule has 0 amide bonds. The first-order chi connectivity index (χ1) is 3.31. The van der Waals surface area contributed by atoms with Crippen LogP contribution in [0.3, 0.4) is 0 Å². The third kappa shape index (κ3) is 2.71. The lowest BCUT2D eigenvalue weighted by atomic mass is 10.3. The summed E-state index contributed by atoms with van der Waals surface area (Å²) in [5, 5.41) is 0. The normalized spacial score (nSPS) is 6.71. The summed E-state index contributed by atoms with van der Waals surface area (Å²) >= 11 is 0. The molecule has 0 rings (SSSR count). The molecule has 0 N–H and O–H groups in total. The van der Waals surface area contributed by atoms with E-state index in [0.717, 1.165) is 0 Å². The van der Waals surface area contributed by atoms with Crippen LogP contribution in [0.1, 0.15) is 6.42 Å². The van der Waals surface area contributed by atoms with Crippen molar-refractivity contribution in [1.82, 2.24) is 0 Å². The van der Waals surface area contributed by atoms with Crippen molar-refractivity contribution in [3.05, 3.63) is 0 Å². The monoisotopic (exact) mass is 96.0 g/mol. The van der Waals surface area contributed by atoms with Gasteiger partial charge in [-0.05, 0) is 5.92 Å². The molecule has 0 aliphatic rings. The van der Waals surface area contributed by atoms with E-state index < -0.39 is 5.78 Å². The summed E-state index contributed by atoms with van der Waals surface area (Å²) in [6.45, 7) is 0. The van der Waals surface area contributed by atoms with Crippen LogP contribution in [0.2, 0.25) is 0 Å². The quantitative estimate of drug-likeness (QED) is 0.206. The van der Waals surface area contributed by atoms with Gasteiger partial charge >= 0.3 is 0 Å². The molecule has 2 nitrogen and oxygen atoms in total. The Morgan fingerprint density at radius 1 is 1.86 bits per heavy atom. The summed E-state index contributed by atoms with van der Waals surface area (Å²) in [4.78, 5) is 19.4. The highest BCUT2D eigenvalue weighted by Crippen LogP contribution is 1.70. The van der Waals surface area contributed by atoms with E-state index in [4.69, 9.17) is 0 Å². The van der Waals surface area contributed by atoms with Gasteiger partial charge in [0.1, 0.15) is 6.29 Å². The van der Waals surface area contributed by atoms with Gasteiger partial charge in [0.05, 0.1) is 6.42 Å². The van der Waals surface area contributed by atoms with Gasteiger partial charge in [-0.15, -0.1) is 6.42 Å². The van der Waals surface area contributed by atoms with Crippen molar-refractivity contribution in [2.75, 3.05) is 0 Å². The fourth-order valence-corrected chi connectivity index (χ4v) is 0.135. The van der Waals surface area contributed by atoms with Gasteiger partial charge in [-0.3, -0.25) is 4.79 Å². The van der Waals surface area contributed by atoms with E-state index in [0.29, 0.717) is 6.29 Å². The van der Waals surface area contributed by atoms with E-state index in [-0.39, 0.29) is 6.42 Å². The van der Waals surface area contributed by atoms with Gasteiger partial charge in [-0.1, -0.05) is 0 Å². The van der Waals surface area contributed by atoms with Crippen LogP contribution in [0, 0.1) is 12.3 Å². The molecule has 0 heterocycles. The number of hydrogen-bond donors (Lipinski definition) is 0. The van der Waals surface area contributed by atoms with E-state index in [1.165, 1.54) is 0 Å². The molecule has 0 saturated carbocycles. The van der Waals surface area contributed by atoms with E-state index in [1.54, 1.807) is 5.92 Å². The van der Waals surface area contributed by atoms with Gasteiger partial charge in [0.15, 0.2) is 0 Å². The van der Waals surface area contributed by atoms with Crippen LogP contribution in [-0.4, -0.2) is 12.1 Å². The molecule has 0 saturated heterocycles. The lowest BCUT2D eigenvalue weighted by molar-refractivity contribution is -0.118. The predicted octanol–water partition coefficient (Wildman–Crippen LogP) is -0.222. The lowest BCUT2D eigenvalue weighted by Crippen LogP contribution is -1.91. The molecule has 0 aliphatic carbocycles. The number of ketones is 1. The number of Topliss-reactive ketones (excluding diaryl/α,β-unsaturated/α-hetero) is 1. The van der Waals surface area contributed by atoms with Gasteiger partial charge in [0.25, 0.3) is 0 Å². The second-order valence-corrected chi connectivity index (χ2v) is 0.938. The van der Waals surface area contributed by atoms with Crippen molar-refractivity contribution < 1.29 is 9.59 Å². The molecule has 0 aromatic heterocycles. The van der Waals surface area contributed by atoms with Crippen molar-refractivity contribution in [2.45, 2.75) is 6.42 Å². The van der Waals surface area contributed by atoms with E-state index >= 15 is 0 Å². The number of terminal acetylenes is 1. The molecule has 0 radical (unpaired) electrons. The number of carbonyl (C=O) groups is 2. The average molecular weight is 96.1 g/mol. The molecule has 0 atom stereocenters. The minimum atomic E-state index is -0.463. The number of hydrogen-bond acceptors (Lipinski definition) is 2. The zero-order valence-electron chi connectivity index (χ0n) is 3.68. The molecular formula is C5H4O2. The van der Waals surface area contributed by atoms with Crippen LogP contribution >= 0.6 is 0 Å². The Hall–Kier alpha value is -1.10. The highest BCUT2D eigenvalue weighted by atomic mass is 16.1. The van der Waals surface area contributed by atoms with Crippen LogP contribution in [0.5, 0.6) is 0 Å². The first kappa shape index (κ1) is 5.90. The largest absolute Gasteiger partial charge is 0.303 e. The van der Waals surface area contributed by atoms with Gasteiger partial charge in [0, 0.05) is 0 Å². The molecule has 0 spiro atoms. The summed E-state index contributed by atoms with van der Waals surface area (Å²) in [5.41, 5.74) is 0.